The van der Waals surface area contributed by atoms with Crippen molar-refractivity contribution in [1.29, 1.82) is 0 Å². The van der Waals surface area contributed by atoms with Gasteiger partial charge < -0.3 is 47.4 Å². The standard InChI is InChI=1S/C85H44B4O10/c1-43-51(49-39-73-80-74(40-49)91-59-21-6-3-18-55(59)86(80)54-17-2-5-20-58(54)90-73)15-9-16-52(43)50-41-75-81-76(42-50)93-61-31-29-46(34-57(61)87(81)56-19-4-7-22-60(56)92-75)53-30-32-68-84-85(53)99-67-28-12-27-66-79(67)89(84)83-71(97-66)37-48(38-72(83)98-68)45-14-8-13-44(33-45)47-35-69-82-70(36-47)96-65-26-11-24-63-78(65)88(82)77-62(94-63)23-10-25-64(77)95-69/h2-42H,1H3. The molecule has 99 heavy (non-hydrogen) atoms. The van der Waals surface area contributed by atoms with Crippen molar-refractivity contribution in [3.05, 3.63) is 254 Å². The minimum absolute atomic E-state index is 0.00360. The Morgan fingerprint density at radius 2 is 0.495 bits per heavy atom. The van der Waals surface area contributed by atoms with Gasteiger partial charge in [-0.25, -0.2) is 0 Å². The lowest BCUT2D eigenvalue weighted by molar-refractivity contribution is 0.442. The maximum atomic E-state index is 7.15. The van der Waals surface area contributed by atoms with Crippen LogP contribution in [0.25, 0.3) is 55.6 Å². The Bertz CT molecular complexity index is 5980. The van der Waals surface area contributed by atoms with E-state index in [0.717, 1.165) is 242 Å². The van der Waals surface area contributed by atoms with Gasteiger partial charge in [-0.05, 0) is 212 Å². The number of rotatable bonds is 5. The van der Waals surface area contributed by atoms with E-state index >= 15 is 0 Å². The molecule has 0 N–H and O–H groups in total. The molecule has 14 aromatic rings. The number of para-hydroxylation sites is 3. The first kappa shape index (κ1) is 52.6. The monoisotopic (exact) mass is 1270 g/mol. The number of ether oxygens (including phenoxy) is 10. The normalized spacial score (nSPS) is 14.2. The molecule has 10 heterocycles. The van der Waals surface area contributed by atoms with Crippen molar-refractivity contribution in [3.63, 3.8) is 0 Å². The van der Waals surface area contributed by atoms with Crippen molar-refractivity contribution in [2.24, 2.45) is 0 Å². The van der Waals surface area contributed by atoms with E-state index in [1.54, 1.807) is 0 Å². The average molecular weight is 1270 g/mol. The number of fused-ring (bicyclic) bond motifs is 8. The van der Waals surface area contributed by atoms with E-state index in [-0.39, 0.29) is 26.9 Å². The van der Waals surface area contributed by atoms with Gasteiger partial charge in [0.2, 0.25) is 0 Å². The lowest BCUT2D eigenvalue weighted by Crippen LogP contribution is -2.59. The molecule has 0 spiro atoms. The SMILES string of the molecule is Cc1c(-c2cc3c4c(c2)Oc2ccccc2B4c2ccccc2O3)cccc1-c1cc2c3c(c1)Oc1ccc(-c4ccc5c6c4Oc4cccc7c4B6c4c(cc(-c6cccc(-c8cc9c%10c(c8)Oc8cccc%11c8B%10c8c(cccc8O9)O%11)c6)cc4O5)O7)cc1B3c1ccccc1O2. The fourth-order valence-electron chi connectivity index (χ4n) is 17.7. The smallest absolute Gasteiger partial charge is 0.270 e. The Hall–Kier alpha value is -12.7. The summed E-state index contributed by atoms with van der Waals surface area (Å²) in [6.45, 7) is 1.71. The van der Waals surface area contributed by atoms with Crippen molar-refractivity contribution in [1.82, 2.24) is 0 Å². The Kier molecular flexibility index (Phi) is 10.0. The molecule has 0 aromatic heterocycles. The van der Waals surface area contributed by atoms with Crippen LogP contribution >= 0.6 is 0 Å². The summed E-state index contributed by atoms with van der Waals surface area (Å²) in [6, 6.07) is 86.4. The zero-order valence-corrected chi connectivity index (χ0v) is 52.6. The first-order valence-electron chi connectivity index (χ1n) is 33.6. The molecule has 10 aliphatic rings. The van der Waals surface area contributed by atoms with Crippen molar-refractivity contribution >= 4 is 92.4 Å². The minimum Gasteiger partial charge on any atom is -0.458 e. The van der Waals surface area contributed by atoms with Crippen molar-refractivity contribution in [3.8, 4) is 171 Å². The first-order valence-corrected chi connectivity index (χ1v) is 33.6. The lowest BCUT2D eigenvalue weighted by atomic mass is 9.33. The number of hydrogen-bond donors (Lipinski definition) is 0. The molecule has 0 saturated carbocycles. The number of benzene rings is 14. The Morgan fingerprint density at radius 3 is 0.960 bits per heavy atom. The van der Waals surface area contributed by atoms with Gasteiger partial charge in [0.25, 0.3) is 26.9 Å². The van der Waals surface area contributed by atoms with E-state index < -0.39 is 0 Å². The van der Waals surface area contributed by atoms with Crippen molar-refractivity contribution < 1.29 is 47.4 Å². The minimum atomic E-state index is -0.220. The second kappa shape index (κ2) is 18.9. The summed E-state index contributed by atoms with van der Waals surface area (Å²) in [5.74, 6) is 15.6. The van der Waals surface area contributed by atoms with Crippen LogP contribution in [0.3, 0.4) is 0 Å². The summed E-state index contributed by atoms with van der Waals surface area (Å²) in [6.07, 6.45) is 0. The predicted octanol–water partition coefficient (Wildman–Crippen LogP) is 13.5. The molecule has 0 amide bonds. The fourth-order valence-corrected chi connectivity index (χ4v) is 17.7. The van der Waals surface area contributed by atoms with Gasteiger partial charge in [0.15, 0.2) is 0 Å². The zero-order chi connectivity index (χ0) is 64.2. The summed E-state index contributed by atoms with van der Waals surface area (Å²) >= 11 is 0. The van der Waals surface area contributed by atoms with Crippen LogP contribution in [0.1, 0.15) is 5.56 Å². The van der Waals surface area contributed by atoms with Crippen LogP contribution in [0, 0.1) is 6.92 Å². The molecule has 0 bridgehead atoms. The van der Waals surface area contributed by atoms with Gasteiger partial charge in [0, 0.05) is 49.3 Å². The summed E-state index contributed by atoms with van der Waals surface area (Å²) in [5, 5.41) is 0. The molecular weight excluding hydrogens is 1220 g/mol. The highest BCUT2D eigenvalue weighted by Crippen LogP contribution is 2.50. The summed E-state index contributed by atoms with van der Waals surface area (Å²) in [7, 11) is 0. The molecule has 456 valence electrons. The van der Waals surface area contributed by atoms with Gasteiger partial charge >= 0.3 is 0 Å². The van der Waals surface area contributed by atoms with Crippen LogP contribution in [-0.2, 0) is 0 Å². The summed E-state index contributed by atoms with van der Waals surface area (Å²) < 4.78 is 68.7. The maximum Gasteiger partial charge on any atom is 0.270 e. The molecule has 0 radical (unpaired) electrons. The van der Waals surface area contributed by atoms with Gasteiger partial charge in [-0.1, -0.05) is 121 Å². The van der Waals surface area contributed by atoms with Crippen LogP contribution in [-0.4, -0.2) is 26.9 Å². The maximum absolute atomic E-state index is 7.15. The van der Waals surface area contributed by atoms with E-state index in [1.807, 2.05) is 72.8 Å². The van der Waals surface area contributed by atoms with Crippen LogP contribution in [0.15, 0.2) is 249 Å². The van der Waals surface area contributed by atoms with E-state index in [2.05, 4.69) is 183 Å². The third-order valence-corrected chi connectivity index (χ3v) is 22.0. The molecule has 0 aliphatic carbocycles. The molecule has 10 aliphatic heterocycles. The molecule has 24 rings (SSSR count). The van der Waals surface area contributed by atoms with E-state index in [9.17, 15) is 0 Å². The molecule has 0 saturated heterocycles. The predicted molar refractivity (Wildman–Crippen MR) is 389 cm³/mol. The Balaban J connectivity index is 0.578. The molecule has 14 heteroatoms. The number of hydrogen-bond acceptors (Lipinski definition) is 10. The molecule has 0 atom stereocenters. The highest BCUT2D eigenvalue weighted by molar-refractivity contribution is 7.01. The van der Waals surface area contributed by atoms with Gasteiger partial charge in [-0.2, -0.15) is 0 Å². The van der Waals surface area contributed by atoms with Crippen LogP contribution in [0.2, 0.25) is 0 Å². The van der Waals surface area contributed by atoms with Crippen molar-refractivity contribution in [2.45, 2.75) is 6.92 Å². The molecular formula is C85H44B4O10. The third kappa shape index (κ3) is 7.13. The lowest BCUT2D eigenvalue weighted by Gasteiger charge is -2.38. The van der Waals surface area contributed by atoms with Gasteiger partial charge in [0.1, 0.15) is 115 Å². The van der Waals surface area contributed by atoms with Crippen LogP contribution in [0.4, 0.5) is 0 Å². The molecule has 14 aromatic carbocycles. The van der Waals surface area contributed by atoms with E-state index in [1.165, 1.54) is 0 Å². The molecule has 0 unspecified atom stereocenters. The van der Waals surface area contributed by atoms with E-state index in [0.29, 0.717) is 0 Å². The summed E-state index contributed by atoms with van der Waals surface area (Å²) in [5.41, 5.74) is 23.5. The topological polar surface area (TPSA) is 92.3 Å². The summed E-state index contributed by atoms with van der Waals surface area (Å²) in [4.78, 5) is 0. The highest BCUT2D eigenvalue weighted by Gasteiger charge is 2.50. The second-order valence-corrected chi connectivity index (χ2v) is 27.1. The quantitative estimate of drug-likeness (QED) is 0.155. The van der Waals surface area contributed by atoms with E-state index in [4.69, 9.17) is 47.4 Å². The molecule has 10 nitrogen and oxygen atoms in total. The zero-order valence-electron chi connectivity index (χ0n) is 52.6. The fraction of sp³-hybridized carbons (Fsp3) is 0.0118. The Labute approximate surface area is 568 Å². The van der Waals surface area contributed by atoms with Gasteiger partial charge in [-0.3, -0.25) is 0 Å². The van der Waals surface area contributed by atoms with Crippen LogP contribution < -0.4 is 113 Å². The molecule has 0 fully saturated rings. The Morgan fingerprint density at radius 1 is 0.182 bits per heavy atom. The van der Waals surface area contributed by atoms with Crippen molar-refractivity contribution in [2.75, 3.05) is 0 Å². The second-order valence-electron chi connectivity index (χ2n) is 27.1. The largest absolute Gasteiger partial charge is 0.458 e. The first-order chi connectivity index (χ1) is 48.9. The van der Waals surface area contributed by atoms with Gasteiger partial charge in [-0.15, -0.1) is 0 Å². The third-order valence-electron chi connectivity index (χ3n) is 22.0. The average Bonchev–Trinajstić information content (AvgIpc) is 0.699. The highest BCUT2D eigenvalue weighted by atomic mass is 16.5. The van der Waals surface area contributed by atoms with Crippen LogP contribution in [0.5, 0.6) is 115 Å². The van der Waals surface area contributed by atoms with Gasteiger partial charge in [0.05, 0.1) is 0 Å².